The van der Waals surface area contributed by atoms with Gasteiger partial charge in [0.15, 0.2) is 0 Å². The molecule has 0 aromatic heterocycles. The van der Waals surface area contributed by atoms with Crippen LogP contribution in [0.5, 0.6) is 0 Å². The van der Waals surface area contributed by atoms with Crippen LogP contribution in [0.3, 0.4) is 0 Å². The number of hydrogen-bond acceptors (Lipinski definition) is 0. The lowest BCUT2D eigenvalue weighted by atomic mass is 9.71. The van der Waals surface area contributed by atoms with Gasteiger partial charge in [-0.1, -0.05) is 152 Å². The number of unbranched alkanes of at least 4 members (excludes halogenated alkanes) is 1. The van der Waals surface area contributed by atoms with Crippen LogP contribution in [0.15, 0.2) is 60.7 Å². The van der Waals surface area contributed by atoms with Crippen LogP contribution in [0.2, 0.25) is 11.1 Å². The van der Waals surface area contributed by atoms with E-state index >= 15 is 0 Å². The Morgan fingerprint density at radius 2 is 1.44 bits per heavy atom. The standard InChI is InChI=1S/C33H47BrSi2/c1-2-3-11-24-18-19-28(22-24)35(26-13-6-4-7-14-26)36(27-15-8-5-9-16-27)32-21-20-30-31(32)23-25-12-10-17-29(25)33(30)34/h4-9,13-16,24-25,28-33,35-36H,2-3,10-12,17-23H2,1H3. The van der Waals surface area contributed by atoms with Crippen LogP contribution in [0, 0.1) is 29.6 Å². The van der Waals surface area contributed by atoms with Gasteiger partial charge in [0.05, 0.1) is 16.6 Å². The average molecular weight is 580 g/mol. The molecule has 10 atom stereocenters. The maximum Gasteiger partial charge on any atom is 0.0703 e. The molecule has 0 saturated heterocycles. The maximum absolute atomic E-state index is 4.34. The van der Waals surface area contributed by atoms with Crippen LogP contribution in [0.1, 0.15) is 84.0 Å². The van der Waals surface area contributed by atoms with E-state index in [1.165, 1.54) is 64.2 Å². The fourth-order valence-corrected chi connectivity index (χ4v) is 27.9. The summed E-state index contributed by atoms with van der Waals surface area (Å²) in [6, 6.07) is 24.3. The van der Waals surface area contributed by atoms with Gasteiger partial charge in [-0.25, -0.2) is 0 Å². The maximum atomic E-state index is 4.34. The van der Waals surface area contributed by atoms with E-state index in [2.05, 4.69) is 83.5 Å². The third-order valence-electron chi connectivity index (χ3n) is 11.3. The van der Waals surface area contributed by atoms with E-state index in [1.807, 2.05) is 10.4 Å². The summed E-state index contributed by atoms with van der Waals surface area (Å²) < 4.78 is 0. The summed E-state index contributed by atoms with van der Waals surface area (Å²) >= 11 is 4.34. The predicted molar refractivity (Wildman–Crippen MR) is 165 cm³/mol. The number of rotatable bonds is 8. The molecule has 2 aromatic carbocycles. The van der Waals surface area contributed by atoms with Gasteiger partial charge in [-0.3, -0.25) is 0 Å². The largest absolute Gasteiger partial charge is 0.0884 e. The van der Waals surface area contributed by atoms with Crippen molar-refractivity contribution in [2.24, 2.45) is 29.6 Å². The van der Waals surface area contributed by atoms with E-state index in [-0.39, 0.29) is 0 Å². The van der Waals surface area contributed by atoms with Gasteiger partial charge < -0.3 is 0 Å². The van der Waals surface area contributed by atoms with Crippen molar-refractivity contribution in [2.45, 2.75) is 99.9 Å². The molecular weight excluding hydrogens is 532 g/mol. The van der Waals surface area contributed by atoms with Crippen molar-refractivity contribution in [3.05, 3.63) is 60.7 Å². The SMILES string of the molecule is CCCCC1CCC([SiH](c2ccccc2)[SiH](c2ccccc2)C2CCC3C(Br)C4CCCC4CC32)C1. The highest BCUT2D eigenvalue weighted by Crippen LogP contribution is 2.59. The van der Waals surface area contributed by atoms with Crippen LogP contribution in [0.25, 0.3) is 0 Å². The first kappa shape index (κ1) is 25.6. The first-order valence-electron chi connectivity index (χ1n) is 15.5. The number of halogens is 1. The Balaban J connectivity index is 1.37. The average Bonchev–Trinajstić information content (AvgIpc) is 3.67. The molecule has 0 spiro atoms. The van der Waals surface area contributed by atoms with Gasteiger partial charge in [0.1, 0.15) is 0 Å². The molecule has 4 saturated carbocycles. The predicted octanol–water partition coefficient (Wildman–Crippen LogP) is 7.67. The molecule has 194 valence electrons. The van der Waals surface area contributed by atoms with Gasteiger partial charge in [-0.05, 0) is 59.9 Å². The van der Waals surface area contributed by atoms with Gasteiger partial charge in [0.25, 0.3) is 0 Å². The van der Waals surface area contributed by atoms with Crippen LogP contribution < -0.4 is 10.4 Å². The summed E-state index contributed by atoms with van der Waals surface area (Å²) in [7, 11) is -2.24. The second-order valence-corrected chi connectivity index (χ2v) is 23.7. The molecule has 0 nitrogen and oxygen atoms in total. The normalized spacial score (nSPS) is 37.4. The lowest BCUT2D eigenvalue weighted by Gasteiger charge is -2.44. The van der Waals surface area contributed by atoms with Gasteiger partial charge in [-0.15, -0.1) is 0 Å². The summed E-state index contributed by atoms with van der Waals surface area (Å²) in [4.78, 5) is 0.806. The zero-order valence-electron chi connectivity index (χ0n) is 22.4. The number of fused-ring (bicyclic) bond motifs is 2. The zero-order valence-corrected chi connectivity index (χ0v) is 26.3. The number of benzene rings is 2. The highest BCUT2D eigenvalue weighted by atomic mass is 79.9. The minimum atomic E-state index is -1.14. The topological polar surface area (TPSA) is 0 Å². The Bertz CT molecular complexity index is 964. The van der Waals surface area contributed by atoms with Crippen molar-refractivity contribution >= 4 is 42.9 Å². The molecule has 4 aliphatic carbocycles. The summed E-state index contributed by atoms with van der Waals surface area (Å²) in [5.74, 6) is 4.97. The van der Waals surface area contributed by atoms with Gasteiger partial charge in [0, 0.05) is 4.83 Å². The molecule has 0 amide bonds. The number of alkyl halides is 1. The highest BCUT2D eigenvalue weighted by Gasteiger charge is 2.54. The van der Waals surface area contributed by atoms with Crippen molar-refractivity contribution in [2.75, 3.05) is 0 Å². The molecule has 2 aromatic rings. The quantitative estimate of drug-likeness (QED) is 0.222. The third kappa shape index (κ3) is 5.03. The summed E-state index contributed by atoms with van der Waals surface area (Å²) in [5.41, 5.74) is 2.07. The van der Waals surface area contributed by atoms with Crippen LogP contribution in [-0.2, 0) is 0 Å². The van der Waals surface area contributed by atoms with E-state index < -0.39 is 16.6 Å². The summed E-state index contributed by atoms with van der Waals surface area (Å²) in [6.07, 6.45) is 18.0. The Hall–Kier alpha value is -0.646. The van der Waals surface area contributed by atoms with E-state index in [9.17, 15) is 0 Å². The molecule has 36 heavy (non-hydrogen) atoms. The Morgan fingerprint density at radius 1 is 0.722 bits per heavy atom. The Labute approximate surface area is 232 Å². The zero-order chi connectivity index (χ0) is 24.5. The first-order chi connectivity index (χ1) is 17.7. The smallest absolute Gasteiger partial charge is 0.0703 e. The minimum Gasteiger partial charge on any atom is -0.0884 e. The third-order valence-corrected chi connectivity index (χ3v) is 26.9. The molecule has 6 rings (SSSR count). The second-order valence-electron chi connectivity index (χ2n) is 13.1. The molecule has 0 aliphatic heterocycles. The van der Waals surface area contributed by atoms with E-state index in [0.29, 0.717) is 0 Å². The molecule has 4 fully saturated rings. The fraction of sp³-hybridized carbons (Fsp3) is 0.636. The Kier molecular flexibility index (Phi) is 8.27. The van der Waals surface area contributed by atoms with E-state index in [1.54, 1.807) is 12.8 Å². The molecule has 0 radical (unpaired) electrons. The Morgan fingerprint density at radius 3 is 2.17 bits per heavy atom. The van der Waals surface area contributed by atoms with Gasteiger partial charge in [-0.2, -0.15) is 0 Å². The van der Waals surface area contributed by atoms with Crippen LogP contribution in [0.4, 0.5) is 0 Å². The van der Waals surface area contributed by atoms with Crippen molar-refractivity contribution < 1.29 is 0 Å². The molecule has 10 unspecified atom stereocenters. The molecule has 3 heteroatoms. The molecule has 0 heterocycles. The number of hydrogen-bond donors (Lipinski definition) is 0. The summed E-state index contributed by atoms with van der Waals surface area (Å²) in [6.45, 7) is 2.37. The molecular formula is C33H47BrSi2. The van der Waals surface area contributed by atoms with Crippen molar-refractivity contribution in [3.8, 4) is 0 Å². The fourth-order valence-electron chi connectivity index (χ4n) is 9.80. The highest BCUT2D eigenvalue weighted by molar-refractivity contribution is 9.09. The molecule has 0 N–H and O–H groups in total. The monoisotopic (exact) mass is 578 g/mol. The lowest BCUT2D eigenvalue weighted by Crippen LogP contribution is -2.58. The lowest BCUT2D eigenvalue weighted by molar-refractivity contribution is 0.169. The van der Waals surface area contributed by atoms with Crippen molar-refractivity contribution in [3.63, 3.8) is 0 Å². The first-order valence-corrected chi connectivity index (χ1v) is 21.6. The van der Waals surface area contributed by atoms with Crippen LogP contribution in [-0.4, -0.2) is 21.5 Å². The van der Waals surface area contributed by atoms with E-state index in [0.717, 1.165) is 45.5 Å². The van der Waals surface area contributed by atoms with Crippen LogP contribution >= 0.6 is 15.9 Å². The van der Waals surface area contributed by atoms with Crippen molar-refractivity contribution in [1.29, 1.82) is 0 Å². The minimum absolute atomic E-state index is 0.806. The van der Waals surface area contributed by atoms with Gasteiger partial charge in [0.2, 0.25) is 0 Å². The van der Waals surface area contributed by atoms with Gasteiger partial charge >= 0.3 is 0 Å². The second kappa shape index (κ2) is 11.6. The summed E-state index contributed by atoms with van der Waals surface area (Å²) in [5, 5.41) is 3.66. The van der Waals surface area contributed by atoms with Crippen molar-refractivity contribution in [1.82, 2.24) is 0 Å². The molecule has 0 bridgehead atoms. The molecule has 4 aliphatic rings. The van der Waals surface area contributed by atoms with E-state index in [4.69, 9.17) is 0 Å².